The fourth-order valence-corrected chi connectivity index (χ4v) is 3.85. The van der Waals surface area contributed by atoms with Crippen LogP contribution < -0.4 is 20.8 Å². The van der Waals surface area contributed by atoms with Gasteiger partial charge in [-0.25, -0.2) is 13.6 Å². The molecule has 0 saturated carbocycles. The number of amides is 1. The molecule has 0 saturated heterocycles. The van der Waals surface area contributed by atoms with Crippen LogP contribution in [0.2, 0.25) is 0 Å². The number of fused-ring (bicyclic) bond motifs is 1. The molecule has 158 valence electrons. The largest absolute Gasteiger partial charge is 0.331 e. The van der Waals surface area contributed by atoms with Crippen LogP contribution in [-0.4, -0.2) is 31.7 Å². The molecule has 0 aromatic heterocycles. The Hall–Kier alpha value is -2.82. The van der Waals surface area contributed by atoms with Crippen molar-refractivity contribution in [3.8, 4) is 0 Å². The normalized spacial score (nSPS) is 14.9. The van der Waals surface area contributed by atoms with E-state index in [1.807, 2.05) is 25.1 Å². The highest BCUT2D eigenvalue weighted by Crippen LogP contribution is 2.31. The van der Waals surface area contributed by atoms with Gasteiger partial charge in [0.2, 0.25) is 10.0 Å². The molecule has 30 heavy (non-hydrogen) atoms. The van der Waals surface area contributed by atoms with E-state index in [9.17, 15) is 13.2 Å². The summed E-state index contributed by atoms with van der Waals surface area (Å²) in [4.78, 5) is 14.4. The van der Waals surface area contributed by atoms with Crippen LogP contribution in [0, 0.1) is 0 Å². The van der Waals surface area contributed by atoms with Gasteiger partial charge < -0.3 is 10.2 Å². The van der Waals surface area contributed by atoms with Crippen molar-refractivity contribution in [1.82, 2.24) is 5.43 Å². The third-order valence-corrected chi connectivity index (χ3v) is 5.79. The van der Waals surface area contributed by atoms with Crippen LogP contribution >= 0.6 is 12.2 Å². The maximum Gasteiger partial charge on any atom is 0.279 e. The zero-order valence-corrected chi connectivity index (χ0v) is 18.5. The van der Waals surface area contributed by atoms with Gasteiger partial charge in [-0.15, -0.1) is 0 Å². The fourth-order valence-electron chi connectivity index (χ4n) is 3.13. The molecule has 2 aromatic rings. The second-order valence-corrected chi connectivity index (χ2v) is 9.05. The second kappa shape index (κ2) is 8.50. The van der Waals surface area contributed by atoms with E-state index in [1.165, 1.54) is 12.1 Å². The van der Waals surface area contributed by atoms with Gasteiger partial charge >= 0.3 is 0 Å². The van der Waals surface area contributed by atoms with Crippen molar-refractivity contribution in [3.63, 3.8) is 0 Å². The molecule has 4 N–H and O–H groups in total. The molecule has 0 unspecified atom stereocenters. The SMILES string of the molecule is CCN1C(=O)C(=NNC(=S)Nc2cccc(S(N)(=O)=O)c2)c2cc(C(C)C)ccc21. The van der Waals surface area contributed by atoms with Crippen molar-refractivity contribution in [3.05, 3.63) is 53.6 Å². The lowest BCUT2D eigenvalue weighted by molar-refractivity contribution is -0.112. The third kappa shape index (κ3) is 4.50. The first-order valence-corrected chi connectivity index (χ1v) is 11.3. The first kappa shape index (κ1) is 21.9. The van der Waals surface area contributed by atoms with Crippen molar-refractivity contribution < 1.29 is 13.2 Å². The Morgan fingerprint density at radius 1 is 1.23 bits per heavy atom. The van der Waals surface area contributed by atoms with Gasteiger partial charge in [0.15, 0.2) is 10.8 Å². The Bertz CT molecular complexity index is 1140. The molecule has 2 aromatic carbocycles. The summed E-state index contributed by atoms with van der Waals surface area (Å²) >= 11 is 5.23. The first-order chi connectivity index (χ1) is 14.1. The topological polar surface area (TPSA) is 117 Å². The molecule has 0 spiro atoms. The quantitative estimate of drug-likeness (QED) is 0.481. The van der Waals surface area contributed by atoms with Crippen molar-refractivity contribution >= 4 is 50.3 Å². The number of rotatable bonds is 5. The number of likely N-dealkylation sites (N-methyl/N-ethyl adjacent to an activating group) is 1. The predicted octanol–water partition coefficient (Wildman–Crippen LogP) is 2.51. The summed E-state index contributed by atoms with van der Waals surface area (Å²) in [5.41, 5.74) is 6.04. The fraction of sp³-hybridized carbons (Fsp3) is 0.250. The lowest BCUT2D eigenvalue weighted by Gasteiger charge is -2.14. The van der Waals surface area contributed by atoms with E-state index in [1.54, 1.807) is 17.0 Å². The molecule has 1 heterocycles. The van der Waals surface area contributed by atoms with Gasteiger partial charge in [0, 0.05) is 17.8 Å². The number of nitrogens with zero attached hydrogens (tertiary/aromatic N) is 2. The molecule has 0 fully saturated rings. The van der Waals surface area contributed by atoms with Crippen LogP contribution in [0.5, 0.6) is 0 Å². The minimum atomic E-state index is -3.83. The summed E-state index contributed by atoms with van der Waals surface area (Å²) in [5.74, 6) is 0.101. The number of hydrazone groups is 1. The molecule has 0 atom stereocenters. The molecule has 8 nitrogen and oxygen atoms in total. The molecule has 1 aliphatic rings. The van der Waals surface area contributed by atoms with E-state index in [0.717, 1.165) is 16.8 Å². The number of anilines is 2. The van der Waals surface area contributed by atoms with E-state index in [4.69, 9.17) is 17.4 Å². The lowest BCUT2D eigenvalue weighted by atomic mass is 9.99. The summed E-state index contributed by atoms with van der Waals surface area (Å²) in [6.45, 7) is 6.59. The van der Waals surface area contributed by atoms with Crippen molar-refractivity contribution in [2.45, 2.75) is 31.6 Å². The maximum absolute atomic E-state index is 12.8. The predicted molar refractivity (Wildman–Crippen MR) is 122 cm³/mol. The molecule has 1 aliphatic heterocycles. The molecule has 3 rings (SSSR count). The Balaban J connectivity index is 1.83. The zero-order valence-electron chi connectivity index (χ0n) is 16.8. The number of thiocarbonyl (C=S) groups is 1. The standard InChI is InChI=1S/C20H23N5O3S2/c1-4-25-17-9-8-13(12(2)3)10-16(17)18(19(25)26)23-24-20(29)22-14-6-5-7-15(11-14)30(21,27)28/h5-12H,4H2,1-3H3,(H2,21,27,28)(H2,22,24,29). The average Bonchev–Trinajstić information content (AvgIpc) is 2.95. The van der Waals surface area contributed by atoms with Crippen molar-refractivity contribution in [1.29, 1.82) is 0 Å². The van der Waals surface area contributed by atoms with E-state index < -0.39 is 10.0 Å². The van der Waals surface area contributed by atoms with E-state index in [2.05, 4.69) is 29.7 Å². The highest BCUT2D eigenvalue weighted by atomic mass is 32.2. The highest BCUT2D eigenvalue weighted by Gasteiger charge is 2.33. The first-order valence-electron chi connectivity index (χ1n) is 9.35. The highest BCUT2D eigenvalue weighted by molar-refractivity contribution is 7.89. The number of primary sulfonamides is 1. The molecule has 10 heteroatoms. The smallest absolute Gasteiger partial charge is 0.279 e. The Kier molecular flexibility index (Phi) is 6.20. The summed E-state index contributed by atoms with van der Waals surface area (Å²) in [7, 11) is -3.83. The molecular formula is C20H23N5O3S2. The number of nitrogens with two attached hydrogens (primary N) is 1. The van der Waals surface area contributed by atoms with Crippen LogP contribution in [0.1, 0.15) is 37.8 Å². The van der Waals surface area contributed by atoms with Gasteiger partial charge in [-0.05, 0) is 61.0 Å². The molecule has 1 amide bonds. The summed E-state index contributed by atoms with van der Waals surface area (Å²) < 4.78 is 23.0. The van der Waals surface area contributed by atoms with Gasteiger partial charge in [-0.3, -0.25) is 10.2 Å². The number of carbonyl (C=O) groups is 1. The van der Waals surface area contributed by atoms with Crippen LogP contribution in [0.3, 0.4) is 0 Å². The van der Waals surface area contributed by atoms with Crippen molar-refractivity contribution in [2.75, 3.05) is 16.8 Å². The Morgan fingerprint density at radius 2 is 1.97 bits per heavy atom. The number of benzene rings is 2. The number of hydrogen-bond acceptors (Lipinski definition) is 5. The number of sulfonamides is 1. The van der Waals surface area contributed by atoms with E-state index in [-0.39, 0.29) is 21.6 Å². The Morgan fingerprint density at radius 3 is 2.60 bits per heavy atom. The Labute approximate surface area is 181 Å². The number of nitrogens with one attached hydrogen (secondary N) is 2. The van der Waals surface area contributed by atoms with Gasteiger partial charge in [0.05, 0.1) is 10.6 Å². The van der Waals surface area contributed by atoms with E-state index in [0.29, 0.717) is 18.2 Å². The second-order valence-electron chi connectivity index (χ2n) is 7.08. The van der Waals surface area contributed by atoms with Crippen LogP contribution in [0.15, 0.2) is 52.5 Å². The monoisotopic (exact) mass is 445 g/mol. The van der Waals surface area contributed by atoms with Crippen LogP contribution in [0.4, 0.5) is 11.4 Å². The van der Waals surface area contributed by atoms with E-state index >= 15 is 0 Å². The van der Waals surface area contributed by atoms with Gasteiger partial charge in [0.1, 0.15) is 0 Å². The van der Waals surface area contributed by atoms with Gasteiger partial charge in [0.25, 0.3) is 5.91 Å². The van der Waals surface area contributed by atoms with Crippen LogP contribution in [0.25, 0.3) is 0 Å². The minimum Gasteiger partial charge on any atom is -0.331 e. The molecule has 0 radical (unpaired) electrons. The van der Waals surface area contributed by atoms with Gasteiger partial charge in [-0.1, -0.05) is 26.0 Å². The lowest BCUT2D eigenvalue weighted by Crippen LogP contribution is -2.32. The van der Waals surface area contributed by atoms with Crippen molar-refractivity contribution in [2.24, 2.45) is 10.2 Å². The maximum atomic E-state index is 12.8. The van der Waals surface area contributed by atoms with Gasteiger partial charge in [-0.2, -0.15) is 5.10 Å². The summed E-state index contributed by atoms with van der Waals surface area (Å²) in [5, 5.41) is 12.3. The minimum absolute atomic E-state index is 0.0404. The summed E-state index contributed by atoms with van der Waals surface area (Å²) in [6.07, 6.45) is 0. The number of hydrogen-bond donors (Lipinski definition) is 3. The average molecular weight is 446 g/mol. The molecule has 0 aliphatic carbocycles. The molecular weight excluding hydrogens is 422 g/mol. The summed E-state index contributed by atoms with van der Waals surface area (Å²) in [6, 6.07) is 11.8. The zero-order chi connectivity index (χ0) is 22.1. The molecule has 0 bridgehead atoms. The number of carbonyl (C=O) groups excluding carboxylic acids is 1. The van der Waals surface area contributed by atoms with Crippen LogP contribution in [-0.2, 0) is 14.8 Å². The third-order valence-electron chi connectivity index (χ3n) is 4.69.